The van der Waals surface area contributed by atoms with Crippen LogP contribution in [0.3, 0.4) is 0 Å². The van der Waals surface area contributed by atoms with Crippen LogP contribution in [-0.2, 0) is 0 Å². The number of benzene rings is 1. The zero-order valence-electron chi connectivity index (χ0n) is 15.0. The molecule has 4 nitrogen and oxygen atoms in total. The summed E-state index contributed by atoms with van der Waals surface area (Å²) in [4.78, 5) is 13.0. The Balaban J connectivity index is 1.83. The lowest BCUT2D eigenvalue weighted by molar-refractivity contribution is 0.415. The molecule has 0 N–H and O–H groups in total. The van der Waals surface area contributed by atoms with Crippen LogP contribution in [0.5, 0.6) is 5.75 Å². The Hall–Kier alpha value is -2.14. The molecule has 5 heteroatoms. The number of piperidine rings is 1. The lowest BCUT2D eigenvalue weighted by atomic mass is 9.98. The molecule has 1 aromatic carbocycles. The molecule has 2 aromatic heterocycles. The first-order chi connectivity index (χ1) is 12.2. The third kappa shape index (κ3) is 3.09. The standard InChI is InChI=1S/C20H23N3OS/c1-13-8-10-23(11-9-13)19-18-17(12-25-20(18)22-14(2)21-19)15-4-6-16(24-3)7-5-15/h4-7,12-13H,8-11H2,1-3H3. The average Bonchev–Trinajstić information content (AvgIpc) is 3.05. The van der Waals surface area contributed by atoms with Crippen LogP contribution in [0.15, 0.2) is 29.6 Å². The van der Waals surface area contributed by atoms with E-state index >= 15 is 0 Å². The molecule has 1 aliphatic heterocycles. The first-order valence-corrected chi connectivity index (χ1v) is 9.69. The van der Waals surface area contributed by atoms with E-state index in [9.17, 15) is 0 Å². The molecule has 0 radical (unpaired) electrons. The maximum Gasteiger partial charge on any atom is 0.141 e. The van der Waals surface area contributed by atoms with Crippen molar-refractivity contribution >= 4 is 27.4 Å². The highest BCUT2D eigenvalue weighted by Gasteiger charge is 2.22. The number of hydrogen-bond acceptors (Lipinski definition) is 5. The fraction of sp³-hybridized carbons (Fsp3) is 0.400. The SMILES string of the molecule is COc1ccc(-c2csc3nc(C)nc(N4CCC(C)CC4)c23)cc1. The minimum Gasteiger partial charge on any atom is -0.497 e. The summed E-state index contributed by atoms with van der Waals surface area (Å²) >= 11 is 1.70. The topological polar surface area (TPSA) is 38.3 Å². The van der Waals surface area contributed by atoms with E-state index in [-0.39, 0.29) is 0 Å². The fourth-order valence-electron chi connectivity index (χ4n) is 3.46. The van der Waals surface area contributed by atoms with E-state index in [1.54, 1.807) is 18.4 Å². The fourth-order valence-corrected chi connectivity index (χ4v) is 4.45. The van der Waals surface area contributed by atoms with Crippen molar-refractivity contribution in [3.05, 3.63) is 35.5 Å². The van der Waals surface area contributed by atoms with Crippen molar-refractivity contribution < 1.29 is 4.74 Å². The molecule has 3 aromatic rings. The molecule has 0 unspecified atom stereocenters. The van der Waals surface area contributed by atoms with E-state index in [0.29, 0.717) is 0 Å². The zero-order chi connectivity index (χ0) is 17.4. The zero-order valence-corrected chi connectivity index (χ0v) is 15.8. The summed E-state index contributed by atoms with van der Waals surface area (Å²) in [5.41, 5.74) is 2.41. The Morgan fingerprint density at radius 3 is 2.52 bits per heavy atom. The second-order valence-corrected chi connectivity index (χ2v) is 7.68. The summed E-state index contributed by atoms with van der Waals surface area (Å²) in [5.74, 6) is 3.63. The maximum absolute atomic E-state index is 5.29. The minimum atomic E-state index is 0.804. The smallest absolute Gasteiger partial charge is 0.141 e. The monoisotopic (exact) mass is 353 g/mol. The van der Waals surface area contributed by atoms with Crippen molar-refractivity contribution in [3.8, 4) is 16.9 Å². The van der Waals surface area contributed by atoms with Crippen LogP contribution >= 0.6 is 11.3 Å². The molecule has 0 aliphatic carbocycles. The Morgan fingerprint density at radius 2 is 1.84 bits per heavy atom. The van der Waals surface area contributed by atoms with Gasteiger partial charge in [0.2, 0.25) is 0 Å². The average molecular weight is 353 g/mol. The molecule has 1 saturated heterocycles. The molecule has 0 spiro atoms. The number of methoxy groups -OCH3 is 1. The Bertz CT molecular complexity index is 880. The van der Waals surface area contributed by atoms with Gasteiger partial charge in [-0.15, -0.1) is 11.3 Å². The molecular weight excluding hydrogens is 330 g/mol. The van der Waals surface area contributed by atoms with Crippen LogP contribution < -0.4 is 9.64 Å². The van der Waals surface area contributed by atoms with Gasteiger partial charge in [0.15, 0.2) is 0 Å². The highest BCUT2D eigenvalue weighted by atomic mass is 32.1. The number of hydrogen-bond donors (Lipinski definition) is 0. The molecule has 0 saturated carbocycles. The quantitative estimate of drug-likeness (QED) is 0.670. The molecule has 0 bridgehead atoms. The van der Waals surface area contributed by atoms with Crippen molar-refractivity contribution in [3.63, 3.8) is 0 Å². The third-order valence-corrected chi connectivity index (χ3v) is 5.88. The second kappa shape index (κ2) is 6.64. The molecule has 0 amide bonds. The van der Waals surface area contributed by atoms with Gasteiger partial charge in [-0.25, -0.2) is 9.97 Å². The van der Waals surface area contributed by atoms with E-state index in [2.05, 4.69) is 34.3 Å². The van der Waals surface area contributed by atoms with E-state index in [1.807, 2.05) is 19.1 Å². The molecule has 3 heterocycles. The summed E-state index contributed by atoms with van der Waals surface area (Å²) in [6.07, 6.45) is 2.46. The van der Waals surface area contributed by atoms with Gasteiger partial charge in [-0.05, 0) is 43.4 Å². The van der Waals surface area contributed by atoms with Crippen LogP contribution in [-0.4, -0.2) is 30.2 Å². The van der Waals surface area contributed by atoms with Crippen molar-refractivity contribution in [2.45, 2.75) is 26.7 Å². The van der Waals surface area contributed by atoms with Gasteiger partial charge in [0, 0.05) is 24.0 Å². The minimum absolute atomic E-state index is 0.804. The van der Waals surface area contributed by atoms with Gasteiger partial charge in [-0.3, -0.25) is 0 Å². The van der Waals surface area contributed by atoms with Gasteiger partial charge in [-0.2, -0.15) is 0 Å². The number of nitrogens with zero attached hydrogens (tertiary/aromatic N) is 3. The van der Waals surface area contributed by atoms with Crippen LogP contribution in [0.1, 0.15) is 25.6 Å². The van der Waals surface area contributed by atoms with Gasteiger partial charge in [0.05, 0.1) is 12.5 Å². The van der Waals surface area contributed by atoms with Crippen LogP contribution in [0, 0.1) is 12.8 Å². The number of aryl methyl sites for hydroxylation is 1. The third-order valence-electron chi connectivity index (χ3n) is 5.01. The summed E-state index contributed by atoms with van der Waals surface area (Å²) in [6, 6.07) is 8.25. The molecular formula is C20H23N3OS. The summed E-state index contributed by atoms with van der Waals surface area (Å²) < 4.78 is 5.29. The van der Waals surface area contributed by atoms with Gasteiger partial charge in [0.25, 0.3) is 0 Å². The van der Waals surface area contributed by atoms with Crippen molar-refractivity contribution in [2.24, 2.45) is 5.92 Å². The number of aromatic nitrogens is 2. The highest BCUT2D eigenvalue weighted by molar-refractivity contribution is 7.17. The lowest BCUT2D eigenvalue weighted by Gasteiger charge is -2.32. The molecule has 25 heavy (non-hydrogen) atoms. The molecule has 130 valence electrons. The number of anilines is 1. The van der Waals surface area contributed by atoms with Gasteiger partial charge in [-0.1, -0.05) is 19.1 Å². The van der Waals surface area contributed by atoms with Gasteiger partial charge >= 0.3 is 0 Å². The van der Waals surface area contributed by atoms with Crippen LogP contribution in [0.25, 0.3) is 21.3 Å². The van der Waals surface area contributed by atoms with E-state index in [0.717, 1.165) is 41.2 Å². The second-order valence-electron chi connectivity index (χ2n) is 6.82. The van der Waals surface area contributed by atoms with Crippen molar-refractivity contribution in [2.75, 3.05) is 25.1 Å². The first-order valence-electron chi connectivity index (χ1n) is 8.81. The largest absolute Gasteiger partial charge is 0.497 e. The number of ether oxygens (including phenoxy) is 1. The van der Waals surface area contributed by atoms with Crippen LogP contribution in [0.2, 0.25) is 0 Å². The molecule has 1 fully saturated rings. The Labute approximate surface area is 152 Å². The predicted molar refractivity (Wildman–Crippen MR) is 105 cm³/mol. The molecule has 4 rings (SSSR count). The van der Waals surface area contributed by atoms with E-state index < -0.39 is 0 Å². The van der Waals surface area contributed by atoms with Crippen molar-refractivity contribution in [1.29, 1.82) is 0 Å². The maximum atomic E-state index is 5.29. The van der Waals surface area contributed by atoms with Crippen molar-refractivity contribution in [1.82, 2.24) is 9.97 Å². The Kier molecular flexibility index (Phi) is 4.34. The summed E-state index contributed by atoms with van der Waals surface area (Å²) in [5, 5.41) is 3.40. The normalized spacial score (nSPS) is 15.7. The van der Waals surface area contributed by atoms with Gasteiger partial charge < -0.3 is 9.64 Å². The summed E-state index contributed by atoms with van der Waals surface area (Å²) in [6.45, 7) is 6.48. The lowest BCUT2D eigenvalue weighted by Crippen LogP contribution is -2.33. The van der Waals surface area contributed by atoms with E-state index in [1.165, 1.54) is 29.4 Å². The number of rotatable bonds is 3. The van der Waals surface area contributed by atoms with Crippen LogP contribution in [0.4, 0.5) is 5.82 Å². The molecule has 1 aliphatic rings. The van der Waals surface area contributed by atoms with E-state index in [4.69, 9.17) is 9.72 Å². The Morgan fingerprint density at radius 1 is 1.12 bits per heavy atom. The number of thiophene rings is 1. The summed E-state index contributed by atoms with van der Waals surface area (Å²) in [7, 11) is 1.70. The predicted octanol–water partition coefficient (Wildman–Crippen LogP) is 4.91. The van der Waals surface area contributed by atoms with Gasteiger partial charge in [0.1, 0.15) is 22.2 Å². The number of fused-ring (bicyclic) bond motifs is 1. The highest BCUT2D eigenvalue weighted by Crippen LogP contribution is 2.39. The first kappa shape index (κ1) is 16.3. The molecule has 0 atom stereocenters.